The summed E-state index contributed by atoms with van der Waals surface area (Å²) < 4.78 is 7.90. The van der Waals surface area contributed by atoms with Gasteiger partial charge in [0.05, 0.1) is 12.5 Å². The number of hydrogen-bond acceptors (Lipinski definition) is 7. The molecule has 3 atom stereocenters. The third-order valence-corrected chi connectivity index (χ3v) is 6.40. The Labute approximate surface area is 145 Å². The van der Waals surface area contributed by atoms with E-state index < -0.39 is 0 Å². The largest absolute Gasteiger partial charge is 0.330 e. The summed E-state index contributed by atoms with van der Waals surface area (Å²) in [5, 5.41) is 8.80. The minimum Gasteiger partial charge on any atom is -0.330 e. The predicted octanol–water partition coefficient (Wildman–Crippen LogP) is 2.16. The number of anilines is 1. The molecular formula is C17H21N7O. The van der Waals surface area contributed by atoms with E-state index in [4.69, 9.17) is 4.52 Å². The highest BCUT2D eigenvalue weighted by atomic mass is 16.5. The molecular weight excluding hydrogens is 318 g/mol. The van der Waals surface area contributed by atoms with Crippen LogP contribution in [0.1, 0.15) is 63.2 Å². The van der Waals surface area contributed by atoms with Gasteiger partial charge < -0.3 is 9.09 Å². The van der Waals surface area contributed by atoms with Crippen molar-refractivity contribution in [3.05, 3.63) is 24.2 Å². The van der Waals surface area contributed by atoms with E-state index >= 15 is 0 Å². The first-order valence-corrected chi connectivity index (χ1v) is 9.23. The molecule has 0 amide bonds. The number of imidazole rings is 1. The first kappa shape index (κ1) is 13.9. The quantitative estimate of drug-likeness (QED) is 0.902. The van der Waals surface area contributed by atoms with Crippen molar-refractivity contribution in [1.29, 1.82) is 0 Å². The molecule has 2 aromatic heterocycles. The average molecular weight is 339 g/mol. The molecule has 2 aliphatic carbocycles. The van der Waals surface area contributed by atoms with Crippen molar-refractivity contribution in [3.63, 3.8) is 0 Å². The topological polar surface area (TPSA) is 84.4 Å². The maximum absolute atomic E-state index is 5.59. The summed E-state index contributed by atoms with van der Waals surface area (Å²) >= 11 is 0. The summed E-state index contributed by atoms with van der Waals surface area (Å²) in [4.78, 5) is 11.3. The van der Waals surface area contributed by atoms with E-state index in [0.29, 0.717) is 17.9 Å². The van der Waals surface area contributed by atoms with Crippen molar-refractivity contribution >= 4 is 11.7 Å². The second-order valence-corrected chi connectivity index (χ2v) is 8.04. The molecule has 0 bridgehead atoms. The monoisotopic (exact) mass is 339 g/mol. The molecule has 2 aliphatic heterocycles. The van der Waals surface area contributed by atoms with E-state index in [0.717, 1.165) is 30.3 Å². The van der Waals surface area contributed by atoms with Crippen LogP contribution in [0.5, 0.6) is 0 Å². The predicted molar refractivity (Wildman–Crippen MR) is 90.0 cm³/mol. The summed E-state index contributed by atoms with van der Waals surface area (Å²) in [6.45, 7) is 2.18. The smallest absolute Gasteiger partial charge is 0.295 e. The fourth-order valence-electron chi connectivity index (χ4n) is 4.62. The summed E-state index contributed by atoms with van der Waals surface area (Å²) in [5.74, 6) is 3.60. The fraction of sp³-hybridized carbons (Fsp3) is 0.647. The van der Waals surface area contributed by atoms with Crippen LogP contribution in [0.15, 0.2) is 22.1 Å². The molecule has 1 N–H and O–H groups in total. The van der Waals surface area contributed by atoms with Crippen LogP contribution in [0, 0.1) is 5.92 Å². The first-order valence-electron chi connectivity index (χ1n) is 9.23. The Hall–Kier alpha value is -2.38. The molecule has 6 rings (SSSR count). The van der Waals surface area contributed by atoms with Crippen LogP contribution >= 0.6 is 0 Å². The zero-order chi connectivity index (χ0) is 16.6. The number of nitrogens with one attached hydrogen (secondary N) is 1. The molecule has 4 heterocycles. The molecule has 8 heteroatoms. The standard InChI is InChI=1S/C17H21N7O/c1-17(6-7-17)16-19-15(25-22-16)14-21-20-13-10-4-2-3-5-11(10)23-9-18-8-12(23)24(13)14/h8-11,13,20H,2-7H2,1H3. The van der Waals surface area contributed by atoms with Gasteiger partial charge in [-0.2, -0.15) is 10.1 Å². The molecule has 4 aliphatic rings. The Balaban J connectivity index is 1.41. The number of rotatable bonds is 2. The lowest BCUT2D eigenvalue weighted by Gasteiger charge is -2.45. The third-order valence-electron chi connectivity index (χ3n) is 6.40. The normalized spacial score (nSPS) is 31.6. The molecule has 0 radical (unpaired) electrons. The number of aromatic nitrogens is 4. The first-order chi connectivity index (χ1) is 12.2. The number of nitrogens with zero attached hydrogens (tertiary/aromatic N) is 6. The van der Waals surface area contributed by atoms with E-state index in [2.05, 4.69) is 42.0 Å². The second kappa shape index (κ2) is 4.62. The SMILES string of the molecule is CC1(c2noc(C3=NNC4C5CCCCC5n5cncc5N34)n2)CC1. The van der Waals surface area contributed by atoms with E-state index in [1.54, 1.807) is 0 Å². The van der Waals surface area contributed by atoms with Crippen molar-refractivity contribution in [1.82, 2.24) is 25.1 Å². The van der Waals surface area contributed by atoms with Crippen LogP contribution in [0.4, 0.5) is 5.82 Å². The molecule has 3 unspecified atom stereocenters. The van der Waals surface area contributed by atoms with Gasteiger partial charge in [-0.25, -0.2) is 4.98 Å². The lowest BCUT2D eigenvalue weighted by atomic mass is 9.80. The molecule has 0 aromatic carbocycles. The van der Waals surface area contributed by atoms with Gasteiger partial charge in [0.1, 0.15) is 12.0 Å². The van der Waals surface area contributed by atoms with Gasteiger partial charge in [-0.1, -0.05) is 24.9 Å². The molecule has 25 heavy (non-hydrogen) atoms. The molecule has 130 valence electrons. The minimum absolute atomic E-state index is 0.0892. The lowest BCUT2D eigenvalue weighted by Crippen LogP contribution is -2.53. The molecule has 2 fully saturated rings. The van der Waals surface area contributed by atoms with Crippen molar-refractivity contribution < 1.29 is 4.52 Å². The van der Waals surface area contributed by atoms with Crippen LogP contribution in [-0.4, -0.2) is 31.7 Å². The highest BCUT2D eigenvalue weighted by Gasteiger charge is 2.49. The molecule has 2 aromatic rings. The lowest BCUT2D eigenvalue weighted by molar-refractivity contribution is 0.175. The van der Waals surface area contributed by atoms with Crippen LogP contribution in [0.2, 0.25) is 0 Å². The fourth-order valence-corrected chi connectivity index (χ4v) is 4.62. The zero-order valence-corrected chi connectivity index (χ0v) is 14.2. The number of hydrogen-bond donors (Lipinski definition) is 1. The summed E-state index contributed by atoms with van der Waals surface area (Å²) in [5.41, 5.74) is 3.43. The van der Waals surface area contributed by atoms with Crippen LogP contribution in [0.3, 0.4) is 0 Å². The van der Waals surface area contributed by atoms with Gasteiger partial charge in [-0.3, -0.25) is 10.3 Å². The van der Waals surface area contributed by atoms with Gasteiger partial charge in [0.2, 0.25) is 5.84 Å². The Bertz CT molecular complexity index is 864. The van der Waals surface area contributed by atoms with Gasteiger partial charge >= 0.3 is 0 Å². The van der Waals surface area contributed by atoms with E-state index in [1.807, 2.05) is 12.5 Å². The molecule has 8 nitrogen and oxygen atoms in total. The van der Waals surface area contributed by atoms with Gasteiger partial charge in [-0.15, -0.1) is 0 Å². The Morgan fingerprint density at radius 3 is 3.04 bits per heavy atom. The van der Waals surface area contributed by atoms with Gasteiger partial charge in [0.15, 0.2) is 5.82 Å². The number of hydrazone groups is 1. The van der Waals surface area contributed by atoms with Gasteiger partial charge in [0.25, 0.3) is 5.89 Å². The van der Waals surface area contributed by atoms with E-state index in [-0.39, 0.29) is 11.6 Å². The van der Waals surface area contributed by atoms with Crippen molar-refractivity contribution in [2.24, 2.45) is 11.0 Å². The molecule has 0 saturated heterocycles. The second-order valence-electron chi connectivity index (χ2n) is 8.04. The van der Waals surface area contributed by atoms with Crippen molar-refractivity contribution in [2.75, 3.05) is 4.90 Å². The highest BCUT2D eigenvalue weighted by Crippen LogP contribution is 2.47. The van der Waals surface area contributed by atoms with Crippen molar-refractivity contribution in [3.8, 4) is 0 Å². The molecule has 2 saturated carbocycles. The summed E-state index contributed by atoms with van der Waals surface area (Å²) in [7, 11) is 0. The van der Waals surface area contributed by atoms with Crippen LogP contribution in [0.25, 0.3) is 0 Å². The van der Waals surface area contributed by atoms with Crippen molar-refractivity contribution in [2.45, 2.75) is 63.1 Å². The van der Waals surface area contributed by atoms with Crippen LogP contribution < -0.4 is 10.3 Å². The Kier molecular flexibility index (Phi) is 2.56. The zero-order valence-electron chi connectivity index (χ0n) is 14.2. The van der Waals surface area contributed by atoms with Crippen LogP contribution in [-0.2, 0) is 5.41 Å². The summed E-state index contributed by atoms with van der Waals surface area (Å²) in [6, 6.07) is 0.498. The maximum Gasteiger partial charge on any atom is 0.295 e. The van der Waals surface area contributed by atoms with Gasteiger partial charge in [-0.05, 0) is 25.7 Å². The Morgan fingerprint density at radius 1 is 1.28 bits per heavy atom. The highest BCUT2D eigenvalue weighted by molar-refractivity contribution is 6.08. The minimum atomic E-state index is 0.0892. The average Bonchev–Trinajstić information content (AvgIpc) is 3.12. The van der Waals surface area contributed by atoms with E-state index in [9.17, 15) is 0 Å². The Morgan fingerprint density at radius 2 is 2.16 bits per heavy atom. The maximum atomic E-state index is 5.59. The third kappa shape index (κ3) is 1.82. The number of amidine groups is 1. The molecule has 0 spiro atoms. The van der Waals surface area contributed by atoms with Gasteiger partial charge in [0, 0.05) is 17.4 Å². The van der Waals surface area contributed by atoms with E-state index in [1.165, 1.54) is 25.7 Å². The summed E-state index contributed by atoms with van der Waals surface area (Å²) in [6.07, 6.45) is 11.2. The number of fused-ring (bicyclic) bond motifs is 6.